The van der Waals surface area contributed by atoms with Gasteiger partial charge in [0.05, 0.1) is 0 Å². The SMILES string of the molecule is C/C=C/C=[N+]([O-])C1CCCCC1. The maximum atomic E-state index is 11.4. The van der Waals surface area contributed by atoms with Crippen molar-refractivity contribution < 1.29 is 4.74 Å². The second kappa shape index (κ2) is 4.96. The zero-order chi connectivity index (χ0) is 8.81. The molecule has 0 heterocycles. The summed E-state index contributed by atoms with van der Waals surface area (Å²) in [4.78, 5) is 0. The molecular formula is C10H17NO. The van der Waals surface area contributed by atoms with Gasteiger partial charge < -0.3 is 5.21 Å². The molecule has 0 bridgehead atoms. The Hall–Kier alpha value is -0.790. The van der Waals surface area contributed by atoms with Crippen LogP contribution in [-0.4, -0.2) is 17.0 Å². The van der Waals surface area contributed by atoms with Crippen LogP contribution in [0.2, 0.25) is 0 Å². The Kier molecular flexibility index (Phi) is 3.85. The Bertz CT molecular complexity index is 178. The molecule has 1 fully saturated rings. The molecule has 0 aromatic heterocycles. The molecule has 0 N–H and O–H groups in total. The van der Waals surface area contributed by atoms with Crippen molar-refractivity contribution in [3.05, 3.63) is 17.4 Å². The van der Waals surface area contributed by atoms with Crippen molar-refractivity contribution in [2.24, 2.45) is 0 Å². The van der Waals surface area contributed by atoms with Gasteiger partial charge in [0, 0.05) is 12.8 Å². The van der Waals surface area contributed by atoms with Gasteiger partial charge in [-0.15, -0.1) is 0 Å². The lowest BCUT2D eigenvalue weighted by Gasteiger charge is -2.20. The van der Waals surface area contributed by atoms with Crippen molar-refractivity contribution in [2.75, 3.05) is 0 Å². The van der Waals surface area contributed by atoms with E-state index in [1.54, 1.807) is 6.21 Å². The lowest BCUT2D eigenvalue weighted by molar-refractivity contribution is -0.500. The molecular weight excluding hydrogens is 150 g/mol. The minimum absolute atomic E-state index is 0.245. The van der Waals surface area contributed by atoms with E-state index in [1.807, 2.05) is 19.1 Å². The van der Waals surface area contributed by atoms with Crippen LogP contribution in [-0.2, 0) is 0 Å². The third-order valence-electron chi connectivity index (χ3n) is 2.36. The fraction of sp³-hybridized carbons (Fsp3) is 0.700. The van der Waals surface area contributed by atoms with Gasteiger partial charge >= 0.3 is 0 Å². The van der Waals surface area contributed by atoms with E-state index in [1.165, 1.54) is 19.3 Å². The lowest BCUT2D eigenvalue weighted by Crippen LogP contribution is -2.24. The highest BCUT2D eigenvalue weighted by Crippen LogP contribution is 2.19. The molecule has 12 heavy (non-hydrogen) atoms. The van der Waals surface area contributed by atoms with Crippen molar-refractivity contribution in [1.29, 1.82) is 0 Å². The zero-order valence-electron chi connectivity index (χ0n) is 7.70. The molecule has 0 aromatic rings. The van der Waals surface area contributed by atoms with E-state index in [-0.39, 0.29) is 6.04 Å². The van der Waals surface area contributed by atoms with Gasteiger partial charge in [-0.2, -0.15) is 0 Å². The van der Waals surface area contributed by atoms with Gasteiger partial charge in [0.15, 0.2) is 12.3 Å². The fourth-order valence-corrected chi connectivity index (χ4v) is 1.63. The monoisotopic (exact) mass is 167 g/mol. The standard InChI is InChI=1S/C10H17NO/c1-2-3-9-11(12)10-7-5-4-6-8-10/h2-3,9-10H,4-8H2,1H3/b3-2+,11-9?. The average molecular weight is 167 g/mol. The van der Waals surface area contributed by atoms with E-state index in [4.69, 9.17) is 0 Å². The Morgan fingerprint density at radius 3 is 2.50 bits per heavy atom. The van der Waals surface area contributed by atoms with Crippen molar-refractivity contribution in [1.82, 2.24) is 0 Å². The quantitative estimate of drug-likeness (QED) is 0.268. The lowest BCUT2D eigenvalue weighted by atomic mass is 9.96. The fourth-order valence-electron chi connectivity index (χ4n) is 1.63. The summed E-state index contributed by atoms with van der Waals surface area (Å²) in [6.07, 6.45) is 11.2. The smallest absolute Gasteiger partial charge is 0.174 e. The summed E-state index contributed by atoms with van der Waals surface area (Å²) < 4.78 is 1.11. The molecule has 1 aliphatic carbocycles. The van der Waals surface area contributed by atoms with Crippen molar-refractivity contribution in [2.45, 2.75) is 45.1 Å². The molecule has 0 spiro atoms. The summed E-state index contributed by atoms with van der Waals surface area (Å²) in [5.41, 5.74) is 0. The minimum atomic E-state index is 0.245. The summed E-state index contributed by atoms with van der Waals surface area (Å²) >= 11 is 0. The first kappa shape index (κ1) is 9.30. The highest BCUT2D eigenvalue weighted by Gasteiger charge is 2.18. The van der Waals surface area contributed by atoms with Gasteiger partial charge in [-0.3, -0.25) is 0 Å². The van der Waals surface area contributed by atoms with Crippen molar-refractivity contribution >= 4 is 6.21 Å². The Balaban J connectivity index is 2.44. The number of hydrogen-bond donors (Lipinski definition) is 0. The second-order valence-electron chi connectivity index (χ2n) is 3.33. The zero-order valence-corrected chi connectivity index (χ0v) is 7.70. The first-order valence-electron chi connectivity index (χ1n) is 4.76. The van der Waals surface area contributed by atoms with Crippen LogP contribution in [0.1, 0.15) is 39.0 Å². The first-order valence-corrected chi connectivity index (χ1v) is 4.76. The van der Waals surface area contributed by atoms with Gasteiger partial charge in [0.2, 0.25) is 0 Å². The van der Waals surface area contributed by atoms with Crippen molar-refractivity contribution in [3.8, 4) is 0 Å². The highest BCUT2D eigenvalue weighted by atomic mass is 16.5. The molecule has 1 saturated carbocycles. The van der Waals surface area contributed by atoms with Crippen LogP contribution >= 0.6 is 0 Å². The topological polar surface area (TPSA) is 26.1 Å². The molecule has 2 nitrogen and oxygen atoms in total. The summed E-state index contributed by atoms with van der Waals surface area (Å²) in [6, 6.07) is 0.245. The molecule has 0 saturated heterocycles. The minimum Gasteiger partial charge on any atom is -0.624 e. The Morgan fingerprint density at radius 2 is 1.92 bits per heavy atom. The summed E-state index contributed by atoms with van der Waals surface area (Å²) in [5, 5.41) is 11.4. The van der Waals surface area contributed by atoms with Crippen LogP contribution in [0.4, 0.5) is 0 Å². The van der Waals surface area contributed by atoms with Crippen LogP contribution in [0.5, 0.6) is 0 Å². The molecule has 1 aliphatic rings. The van der Waals surface area contributed by atoms with Gasteiger partial charge in [0.1, 0.15) is 0 Å². The normalized spacial score (nSPS) is 21.9. The maximum Gasteiger partial charge on any atom is 0.174 e. The second-order valence-corrected chi connectivity index (χ2v) is 3.33. The number of hydrogen-bond acceptors (Lipinski definition) is 1. The molecule has 0 unspecified atom stereocenters. The molecule has 0 radical (unpaired) electrons. The largest absolute Gasteiger partial charge is 0.624 e. The van der Waals surface area contributed by atoms with E-state index in [2.05, 4.69) is 0 Å². The molecule has 0 amide bonds. The van der Waals surface area contributed by atoms with Crippen LogP contribution in [0.3, 0.4) is 0 Å². The predicted octanol–water partition coefficient (Wildman–Crippen LogP) is 2.48. The molecule has 0 atom stereocenters. The highest BCUT2D eigenvalue weighted by molar-refractivity contribution is 5.66. The summed E-state index contributed by atoms with van der Waals surface area (Å²) in [5.74, 6) is 0. The third-order valence-corrected chi connectivity index (χ3v) is 2.36. The number of allylic oxidation sites excluding steroid dienone is 2. The van der Waals surface area contributed by atoms with Gasteiger partial charge in [0.25, 0.3) is 0 Å². The van der Waals surface area contributed by atoms with E-state index in [0.29, 0.717) is 0 Å². The van der Waals surface area contributed by atoms with E-state index >= 15 is 0 Å². The van der Waals surface area contributed by atoms with Gasteiger partial charge in [-0.25, -0.2) is 4.74 Å². The third kappa shape index (κ3) is 2.68. The average Bonchev–Trinajstić information content (AvgIpc) is 2.15. The van der Waals surface area contributed by atoms with Crippen LogP contribution in [0, 0.1) is 5.21 Å². The summed E-state index contributed by atoms with van der Waals surface area (Å²) in [7, 11) is 0. The van der Waals surface area contributed by atoms with E-state index in [0.717, 1.165) is 17.6 Å². The van der Waals surface area contributed by atoms with E-state index in [9.17, 15) is 5.21 Å². The van der Waals surface area contributed by atoms with Crippen LogP contribution < -0.4 is 0 Å². The van der Waals surface area contributed by atoms with Crippen LogP contribution in [0.25, 0.3) is 0 Å². The van der Waals surface area contributed by atoms with Gasteiger partial charge in [-0.1, -0.05) is 12.5 Å². The molecule has 0 aromatic carbocycles. The Morgan fingerprint density at radius 1 is 1.25 bits per heavy atom. The molecule has 1 rings (SSSR count). The first-order chi connectivity index (χ1) is 5.84. The number of nitrogens with zero attached hydrogens (tertiary/aromatic N) is 1. The van der Waals surface area contributed by atoms with E-state index < -0.39 is 0 Å². The number of hydroxylamine groups is 1. The molecule has 68 valence electrons. The van der Waals surface area contributed by atoms with Gasteiger partial charge in [-0.05, 0) is 25.8 Å². The maximum absolute atomic E-state index is 11.4. The molecule has 2 heteroatoms. The van der Waals surface area contributed by atoms with Crippen molar-refractivity contribution in [3.63, 3.8) is 0 Å². The Labute approximate surface area is 74.2 Å². The van der Waals surface area contributed by atoms with Crippen LogP contribution in [0.15, 0.2) is 12.2 Å². The summed E-state index contributed by atoms with van der Waals surface area (Å²) in [6.45, 7) is 1.92. The predicted molar refractivity (Wildman–Crippen MR) is 51.4 cm³/mol. The molecule has 0 aliphatic heterocycles. The number of rotatable bonds is 2.